The normalized spacial score (nSPS) is 27.7. The smallest absolute Gasteiger partial charge is 0.326 e. The lowest BCUT2D eigenvalue weighted by atomic mass is 9.80. The maximum Gasteiger partial charge on any atom is 0.326 e. The monoisotopic (exact) mass is 255 g/mol. The Morgan fingerprint density at radius 1 is 1.39 bits per heavy atom. The SMILES string of the molecule is COC(=O)[C@@]1(N)CC=C[C@@H](C(=O)OC(C)(C)C)C1. The predicted molar refractivity (Wildman–Crippen MR) is 66.6 cm³/mol. The summed E-state index contributed by atoms with van der Waals surface area (Å²) in [6.45, 7) is 5.40. The van der Waals surface area contributed by atoms with Gasteiger partial charge in [-0.2, -0.15) is 0 Å². The first-order valence-corrected chi connectivity index (χ1v) is 5.95. The fourth-order valence-corrected chi connectivity index (χ4v) is 1.90. The summed E-state index contributed by atoms with van der Waals surface area (Å²) in [5.41, 5.74) is 4.29. The first kappa shape index (κ1) is 14.7. The van der Waals surface area contributed by atoms with E-state index in [1.165, 1.54) is 7.11 Å². The fraction of sp³-hybridized carbons (Fsp3) is 0.692. The average molecular weight is 255 g/mol. The maximum atomic E-state index is 11.9. The molecule has 0 aliphatic heterocycles. The minimum Gasteiger partial charge on any atom is -0.468 e. The lowest BCUT2D eigenvalue weighted by Crippen LogP contribution is -2.52. The van der Waals surface area contributed by atoms with Crippen LogP contribution in [0.1, 0.15) is 33.6 Å². The summed E-state index contributed by atoms with van der Waals surface area (Å²) in [6.07, 6.45) is 4.06. The highest BCUT2D eigenvalue weighted by Crippen LogP contribution is 2.28. The van der Waals surface area contributed by atoms with E-state index in [9.17, 15) is 9.59 Å². The molecule has 0 fully saturated rings. The molecule has 5 heteroatoms. The Kier molecular flexibility index (Phi) is 4.16. The van der Waals surface area contributed by atoms with Gasteiger partial charge in [-0.1, -0.05) is 12.2 Å². The van der Waals surface area contributed by atoms with E-state index in [2.05, 4.69) is 4.74 Å². The Bertz CT molecular complexity index is 370. The zero-order valence-corrected chi connectivity index (χ0v) is 11.4. The van der Waals surface area contributed by atoms with Crippen molar-refractivity contribution in [3.05, 3.63) is 12.2 Å². The van der Waals surface area contributed by atoms with Gasteiger partial charge >= 0.3 is 11.9 Å². The summed E-state index contributed by atoms with van der Waals surface area (Å²) in [6, 6.07) is 0. The highest BCUT2D eigenvalue weighted by Gasteiger charge is 2.41. The van der Waals surface area contributed by atoms with Crippen LogP contribution in [0.3, 0.4) is 0 Å². The van der Waals surface area contributed by atoms with Crippen molar-refractivity contribution in [2.75, 3.05) is 7.11 Å². The average Bonchev–Trinajstić information content (AvgIpc) is 2.25. The van der Waals surface area contributed by atoms with E-state index in [4.69, 9.17) is 10.5 Å². The van der Waals surface area contributed by atoms with E-state index >= 15 is 0 Å². The molecule has 5 nitrogen and oxygen atoms in total. The van der Waals surface area contributed by atoms with E-state index in [0.717, 1.165) is 0 Å². The molecule has 0 aromatic heterocycles. The van der Waals surface area contributed by atoms with Crippen LogP contribution in [0.25, 0.3) is 0 Å². The third-order valence-corrected chi connectivity index (χ3v) is 2.74. The molecular weight excluding hydrogens is 234 g/mol. The van der Waals surface area contributed by atoms with Crippen LogP contribution in [0.15, 0.2) is 12.2 Å². The molecule has 2 N–H and O–H groups in total. The second-order valence-electron chi connectivity index (χ2n) is 5.62. The van der Waals surface area contributed by atoms with Gasteiger partial charge in [0.1, 0.15) is 11.1 Å². The number of hydrogen-bond acceptors (Lipinski definition) is 5. The van der Waals surface area contributed by atoms with Gasteiger partial charge in [-0.3, -0.25) is 9.59 Å². The summed E-state index contributed by atoms with van der Waals surface area (Å²) in [7, 11) is 1.29. The number of ether oxygens (including phenoxy) is 2. The van der Waals surface area contributed by atoms with Gasteiger partial charge in [0.05, 0.1) is 13.0 Å². The summed E-state index contributed by atoms with van der Waals surface area (Å²) in [4.78, 5) is 23.5. The van der Waals surface area contributed by atoms with Crippen molar-refractivity contribution >= 4 is 11.9 Å². The molecule has 1 aliphatic rings. The van der Waals surface area contributed by atoms with Gasteiger partial charge < -0.3 is 15.2 Å². The molecule has 0 amide bonds. The quantitative estimate of drug-likeness (QED) is 0.592. The first-order valence-electron chi connectivity index (χ1n) is 5.95. The van der Waals surface area contributed by atoms with E-state index in [-0.39, 0.29) is 12.4 Å². The van der Waals surface area contributed by atoms with E-state index < -0.39 is 23.0 Å². The van der Waals surface area contributed by atoms with Crippen LogP contribution < -0.4 is 5.73 Å². The highest BCUT2D eigenvalue weighted by atomic mass is 16.6. The minimum absolute atomic E-state index is 0.213. The molecule has 18 heavy (non-hydrogen) atoms. The molecule has 0 bridgehead atoms. The Morgan fingerprint density at radius 3 is 2.50 bits per heavy atom. The number of esters is 2. The molecular formula is C13H21NO4. The molecule has 102 valence electrons. The molecule has 1 rings (SSSR count). The van der Waals surface area contributed by atoms with Crippen LogP contribution in [0.5, 0.6) is 0 Å². The summed E-state index contributed by atoms with van der Waals surface area (Å²) in [5.74, 6) is -1.36. The molecule has 2 atom stereocenters. The molecule has 0 aromatic rings. The van der Waals surface area contributed by atoms with Crippen LogP contribution in [0.2, 0.25) is 0 Å². The van der Waals surface area contributed by atoms with E-state index in [0.29, 0.717) is 6.42 Å². The largest absolute Gasteiger partial charge is 0.468 e. The van der Waals surface area contributed by atoms with Gasteiger partial charge in [0, 0.05) is 0 Å². The predicted octanol–water partition coefficient (Wildman–Crippen LogP) is 1.16. The molecule has 0 radical (unpaired) electrons. The number of methoxy groups -OCH3 is 1. The second-order valence-corrected chi connectivity index (χ2v) is 5.62. The van der Waals surface area contributed by atoms with Gasteiger partial charge in [-0.05, 0) is 33.6 Å². The zero-order valence-electron chi connectivity index (χ0n) is 11.4. The minimum atomic E-state index is -1.13. The third-order valence-electron chi connectivity index (χ3n) is 2.74. The zero-order chi connectivity index (χ0) is 14.0. The number of hydrogen-bond donors (Lipinski definition) is 1. The molecule has 0 heterocycles. The van der Waals surface area contributed by atoms with Crippen LogP contribution in [-0.4, -0.2) is 30.2 Å². The van der Waals surface area contributed by atoms with E-state index in [1.54, 1.807) is 32.9 Å². The van der Waals surface area contributed by atoms with Crippen molar-refractivity contribution in [3.8, 4) is 0 Å². The first-order chi connectivity index (χ1) is 8.18. The standard InChI is InChI=1S/C13H21NO4/c1-12(2,3)18-10(15)9-6-5-7-13(14,8-9)11(16)17-4/h5-6,9H,7-8,14H2,1-4H3/t9-,13-/m1/s1. The molecule has 1 aliphatic carbocycles. The van der Waals surface area contributed by atoms with Gasteiger partial charge in [-0.25, -0.2) is 0 Å². The van der Waals surface area contributed by atoms with Crippen LogP contribution in [-0.2, 0) is 19.1 Å². The molecule has 0 unspecified atom stereocenters. The van der Waals surface area contributed by atoms with Crippen LogP contribution >= 0.6 is 0 Å². The van der Waals surface area contributed by atoms with Gasteiger partial charge in [-0.15, -0.1) is 0 Å². The number of carbonyl (C=O) groups excluding carboxylic acids is 2. The van der Waals surface area contributed by atoms with Crippen molar-refractivity contribution in [1.82, 2.24) is 0 Å². The van der Waals surface area contributed by atoms with Crippen molar-refractivity contribution in [3.63, 3.8) is 0 Å². The molecule has 0 aromatic carbocycles. The highest BCUT2D eigenvalue weighted by molar-refractivity contribution is 5.83. The number of rotatable bonds is 2. The van der Waals surface area contributed by atoms with Crippen molar-refractivity contribution in [2.24, 2.45) is 11.7 Å². The van der Waals surface area contributed by atoms with Gasteiger partial charge in [0.25, 0.3) is 0 Å². The summed E-state index contributed by atoms with van der Waals surface area (Å²) < 4.78 is 9.96. The van der Waals surface area contributed by atoms with Crippen LogP contribution in [0.4, 0.5) is 0 Å². The van der Waals surface area contributed by atoms with Crippen molar-refractivity contribution in [2.45, 2.75) is 44.8 Å². The lowest BCUT2D eigenvalue weighted by Gasteiger charge is -2.32. The van der Waals surface area contributed by atoms with Gasteiger partial charge in [0.2, 0.25) is 0 Å². The summed E-state index contributed by atoms with van der Waals surface area (Å²) >= 11 is 0. The Morgan fingerprint density at radius 2 is 2.00 bits per heavy atom. The Hall–Kier alpha value is -1.36. The fourth-order valence-electron chi connectivity index (χ4n) is 1.90. The van der Waals surface area contributed by atoms with Crippen LogP contribution in [0, 0.1) is 5.92 Å². The second kappa shape index (κ2) is 5.10. The molecule has 0 saturated heterocycles. The summed E-state index contributed by atoms with van der Waals surface area (Å²) in [5, 5.41) is 0. The van der Waals surface area contributed by atoms with Crippen molar-refractivity contribution in [1.29, 1.82) is 0 Å². The Balaban J connectivity index is 2.76. The number of carbonyl (C=O) groups is 2. The number of nitrogens with two attached hydrogens (primary N) is 1. The lowest BCUT2D eigenvalue weighted by molar-refractivity contribution is -0.160. The Labute approximate surface area is 107 Å². The van der Waals surface area contributed by atoms with Crippen molar-refractivity contribution < 1.29 is 19.1 Å². The molecule has 0 saturated carbocycles. The molecule has 0 spiro atoms. The third kappa shape index (κ3) is 3.57. The maximum absolute atomic E-state index is 11.9. The topological polar surface area (TPSA) is 78.6 Å². The van der Waals surface area contributed by atoms with Gasteiger partial charge in [0.15, 0.2) is 0 Å². The van der Waals surface area contributed by atoms with E-state index in [1.807, 2.05) is 0 Å².